The van der Waals surface area contributed by atoms with Gasteiger partial charge in [0.05, 0.1) is 25.0 Å². The summed E-state index contributed by atoms with van der Waals surface area (Å²) in [4.78, 5) is 12.3. The van der Waals surface area contributed by atoms with E-state index in [0.29, 0.717) is 30.2 Å². The molecule has 0 bridgehead atoms. The van der Waals surface area contributed by atoms with E-state index in [1.165, 1.54) is 0 Å². The van der Waals surface area contributed by atoms with E-state index in [2.05, 4.69) is 5.32 Å². The predicted molar refractivity (Wildman–Crippen MR) is 84.3 cm³/mol. The lowest BCUT2D eigenvalue weighted by Crippen LogP contribution is -2.30. The van der Waals surface area contributed by atoms with Crippen molar-refractivity contribution in [1.29, 1.82) is 0 Å². The third-order valence-electron chi connectivity index (χ3n) is 3.47. The van der Waals surface area contributed by atoms with Crippen molar-refractivity contribution in [3.05, 3.63) is 18.2 Å². The first-order chi connectivity index (χ1) is 10.5. The summed E-state index contributed by atoms with van der Waals surface area (Å²) in [6.45, 7) is 4.30. The van der Waals surface area contributed by atoms with Gasteiger partial charge in [-0.25, -0.2) is 0 Å². The molecule has 3 N–H and O–H groups in total. The second-order valence-corrected chi connectivity index (χ2v) is 5.58. The lowest BCUT2D eigenvalue weighted by molar-refractivity contribution is -0.126. The maximum absolute atomic E-state index is 12.3. The van der Waals surface area contributed by atoms with Gasteiger partial charge in [0.1, 0.15) is 17.6 Å². The largest absolute Gasteiger partial charge is 0.497 e. The van der Waals surface area contributed by atoms with E-state index in [1.807, 2.05) is 13.8 Å². The predicted octanol–water partition coefficient (Wildman–Crippen LogP) is 1.93. The smallest absolute Gasteiger partial charge is 0.253 e. The summed E-state index contributed by atoms with van der Waals surface area (Å²) in [7, 11) is 1.58. The first kappa shape index (κ1) is 16.6. The van der Waals surface area contributed by atoms with Gasteiger partial charge in [-0.3, -0.25) is 4.79 Å². The molecule has 22 heavy (non-hydrogen) atoms. The molecule has 6 heteroatoms. The van der Waals surface area contributed by atoms with Crippen molar-refractivity contribution in [2.75, 3.05) is 19.0 Å². The Morgan fingerprint density at radius 1 is 1.45 bits per heavy atom. The van der Waals surface area contributed by atoms with Crippen LogP contribution in [0, 0.1) is 0 Å². The van der Waals surface area contributed by atoms with E-state index in [9.17, 15) is 4.79 Å². The molecule has 0 unspecified atom stereocenters. The van der Waals surface area contributed by atoms with E-state index < -0.39 is 6.10 Å². The first-order valence-electron chi connectivity index (χ1n) is 7.54. The monoisotopic (exact) mass is 308 g/mol. The summed E-state index contributed by atoms with van der Waals surface area (Å²) in [6.07, 6.45) is 0.993. The Labute approximate surface area is 130 Å². The lowest BCUT2D eigenvalue weighted by Gasteiger charge is -2.18. The van der Waals surface area contributed by atoms with Crippen LogP contribution in [0.5, 0.6) is 11.5 Å². The highest BCUT2D eigenvalue weighted by molar-refractivity contribution is 5.95. The van der Waals surface area contributed by atoms with Gasteiger partial charge in [0.15, 0.2) is 0 Å². The molecule has 2 atom stereocenters. The van der Waals surface area contributed by atoms with Crippen molar-refractivity contribution in [2.24, 2.45) is 5.73 Å². The van der Waals surface area contributed by atoms with E-state index >= 15 is 0 Å². The average molecular weight is 308 g/mol. The van der Waals surface area contributed by atoms with Gasteiger partial charge in [-0.2, -0.15) is 0 Å². The fraction of sp³-hybridized carbons (Fsp3) is 0.562. The third-order valence-corrected chi connectivity index (χ3v) is 3.47. The highest BCUT2D eigenvalue weighted by atomic mass is 16.5. The van der Waals surface area contributed by atoms with Gasteiger partial charge in [0.25, 0.3) is 5.91 Å². The molecule has 0 spiro atoms. The Balaban J connectivity index is 2.11. The number of rotatable bonds is 6. The van der Waals surface area contributed by atoms with Crippen molar-refractivity contribution in [3.8, 4) is 11.5 Å². The normalized spacial score (nSPS) is 21.0. The summed E-state index contributed by atoms with van der Waals surface area (Å²) in [5.41, 5.74) is 6.15. The molecule has 0 radical (unpaired) electrons. The van der Waals surface area contributed by atoms with Crippen LogP contribution in [0.4, 0.5) is 5.69 Å². The molecule has 1 aliphatic heterocycles. The van der Waals surface area contributed by atoms with Gasteiger partial charge in [-0.05, 0) is 38.8 Å². The maximum atomic E-state index is 12.3. The molecule has 1 saturated heterocycles. The number of hydrogen-bond donors (Lipinski definition) is 2. The molecule has 0 saturated carbocycles. The van der Waals surface area contributed by atoms with Crippen molar-refractivity contribution in [3.63, 3.8) is 0 Å². The number of nitrogens with two attached hydrogens (primary N) is 1. The molecular weight excluding hydrogens is 284 g/mol. The Morgan fingerprint density at radius 3 is 2.82 bits per heavy atom. The Morgan fingerprint density at radius 2 is 2.23 bits per heavy atom. The topological polar surface area (TPSA) is 82.8 Å². The molecule has 0 aromatic heterocycles. The fourth-order valence-corrected chi connectivity index (χ4v) is 2.38. The van der Waals surface area contributed by atoms with Crippen LogP contribution in [0.3, 0.4) is 0 Å². The quantitative estimate of drug-likeness (QED) is 0.839. The molecule has 1 aromatic carbocycles. The minimum atomic E-state index is -0.466. The van der Waals surface area contributed by atoms with Gasteiger partial charge in [0.2, 0.25) is 0 Å². The molecule has 0 aliphatic carbocycles. The summed E-state index contributed by atoms with van der Waals surface area (Å²) in [6, 6.07) is 5.32. The summed E-state index contributed by atoms with van der Waals surface area (Å²) < 4.78 is 16.5. The third kappa shape index (κ3) is 4.11. The van der Waals surface area contributed by atoms with E-state index in [-0.39, 0.29) is 18.1 Å². The zero-order chi connectivity index (χ0) is 16.1. The molecule has 1 aromatic rings. The number of benzene rings is 1. The fourth-order valence-electron chi connectivity index (χ4n) is 2.38. The standard InChI is InChI=1S/C16H24N2O4/c1-10(2)21-14-6-4-11(20-3)8-13(14)18-16(19)15-7-5-12(9-17)22-15/h4,6,8,10,12,15H,5,7,9,17H2,1-3H3,(H,18,19)/t12-,15+/m1/s1. The van der Waals surface area contributed by atoms with E-state index in [1.54, 1.807) is 25.3 Å². The molecule has 1 heterocycles. The van der Waals surface area contributed by atoms with Gasteiger partial charge in [-0.15, -0.1) is 0 Å². The minimum Gasteiger partial charge on any atom is -0.497 e. The van der Waals surface area contributed by atoms with Gasteiger partial charge in [-0.1, -0.05) is 0 Å². The van der Waals surface area contributed by atoms with Crippen LogP contribution in [-0.4, -0.2) is 37.9 Å². The highest BCUT2D eigenvalue weighted by Crippen LogP contribution is 2.31. The second kappa shape index (κ2) is 7.47. The molecule has 2 rings (SSSR count). The molecular formula is C16H24N2O4. The lowest BCUT2D eigenvalue weighted by atomic mass is 10.2. The van der Waals surface area contributed by atoms with Crippen molar-refractivity contribution < 1.29 is 19.0 Å². The number of amides is 1. The van der Waals surface area contributed by atoms with E-state index in [4.69, 9.17) is 19.9 Å². The van der Waals surface area contributed by atoms with E-state index in [0.717, 1.165) is 6.42 Å². The number of ether oxygens (including phenoxy) is 3. The van der Waals surface area contributed by atoms with Gasteiger partial charge in [0, 0.05) is 12.6 Å². The second-order valence-electron chi connectivity index (χ2n) is 5.58. The summed E-state index contributed by atoms with van der Waals surface area (Å²) in [5, 5.41) is 2.87. The number of methoxy groups -OCH3 is 1. The zero-order valence-corrected chi connectivity index (χ0v) is 13.3. The molecule has 1 fully saturated rings. The van der Waals surface area contributed by atoms with Crippen LogP contribution < -0.4 is 20.5 Å². The molecule has 1 aliphatic rings. The van der Waals surface area contributed by atoms with Crippen molar-refractivity contribution >= 4 is 11.6 Å². The minimum absolute atomic E-state index is 0.00778. The van der Waals surface area contributed by atoms with Crippen molar-refractivity contribution in [1.82, 2.24) is 0 Å². The highest BCUT2D eigenvalue weighted by Gasteiger charge is 2.30. The van der Waals surface area contributed by atoms with Gasteiger partial charge < -0.3 is 25.3 Å². The SMILES string of the molecule is COc1ccc(OC(C)C)c(NC(=O)[C@@H]2CC[C@H](CN)O2)c1. The van der Waals surface area contributed by atoms with Crippen LogP contribution >= 0.6 is 0 Å². The molecule has 6 nitrogen and oxygen atoms in total. The number of anilines is 1. The van der Waals surface area contributed by atoms with Crippen LogP contribution in [0.2, 0.25) is 0 Å². The number of hydrogen-bond acceptors (Lipinski definition) is 5. The van der Waals surface area contributed by atoms with Crippen LogP contribution in [-0.2, 0) is 9.53 Å². The summed E-state index contributed by atoms with van der Waals surface area (Å²) >= 11 is 0. The molecule has 1 amide bonds. The maximum Gasteiger partial charge on any atom is 0.253 e. The number of carbonyl (C=O) groups excluding carboxylic acids is 1. The molecule has 122 valence electrons. The van der Waals surface area contributed by atoms with Gasteiger partial charge >= 0.3 is 0 Å². The number of carbonyl (C=O) groups is 1. The first-order valence-corrected chi connectivity index (χ1v) is 7.54. The van der Waals surface area contributed by atoms with Crippen LogP contribution in [0.25, 0.3) is 0 Å². The Hall–Kier alpha value is -1.79. The number of nitrogens with one attached hydrogen (secondary N) is 1. The average Bonchev–Trinajstić information content (AvgIpc) is 2.97. The summed E-state index contributed by atoms with van der Waals surface area (Å²) in [5.74, 6) is 1.08. The van der Waals surface area contributed by atoms with Crippen LogP contribution in [0.1, 0.15) is 26.7 Å². The Kier molecular flexibility index (Phi) is 5.63. The van der Waals surface area contributed by atoms with Crippen LogP contribution in [0.15, 0.2) is 18.2 Å². The Bertz CT molecular complexity index is 519. The zero-order valence-electron chi connectivity index (χ0n) is 13.3. The van der Waals surface area contributed by atoms with Crippen molar-refractivity contribution in [2.45, 2.75) is 45.0 Å².